The molecule has 0 aliphatic carbocycles. The number of nitrogens with zero attached hydrogens (tertiary/aromatic N) is 2. The van der Waals surface area contributed by atoms with Gasteiger partial charge < -0.3 is 10.1 Å². The maximum atomic E-state index is 13.8. The normalized spacial score (nSPS) is 17.3. The number of urea groups is 1. The number of nitrogens with one attached hydrogen (secondary N) is 1. The number of rotatable bonds is 3. The lowest BCUT2D eigenvalue weighted by atomic mass is 9.91. The molecule has 0 saturated heterocycles. The Morgan fingerprint density at radius 1 is 1.03 bits per heavy atom. The van der Waals surface area contributed by atoms with E-state index in [0.717, 1.165) is 28.8 Å². The van der Waals surface area contributed by atoms with Gasteiger partial charge in [-0.1, -0.05) is 36.4 Å². The van der Waals surface area contributed by atoms with Crippen LogP contribution in [0.15, 0.2) is 66.7 Å². The highest BCUT2D eigenvalue weighted by molar-refractivity contribution is 6.10. The summed E-state index contributed by atoms with van der Waals surface area (Å²) < 4.78 is 46.2. The van der Waals surface area contributed by atoms with Crippen molar-refractivity contribution in [3.05, 3.63) is 89.0 Å². The average molecular weight is 522 g/mol. The third-order valence-electron chi connectivity index (χ3n) is 6.65. The Labute approximate surface area is 218 Å². The maximum absolute atomic E-state index is 13.8. The molecule has 2 aliphatic heterocycles. The number of fused-ring (bicyclic) bond motifs is 2. The Bertz CT molecular complexity index is 1430. The number of carbonyl (C=O) groups excluding carboxylic acids is 2. The van der Waals surface area contributed by atoms with Crippen LogP contribution in [0.25, 0.3) is 11.3 Å². The molecule has 3 aromatic rings. The number of amides is 3. The zero-order chi connectivity index (χ0) is 27.0. The number of alkyl halides is 3. The van der Waals surface area contributed by atoms with Crippen molar-refractivity contribution >= 4 is 34.6 Å². The van der Waals surface area contributed by atoms with Crippen LogP contribution in [0.1, 0.15) is 42.0 Å². The maximum Gasteiger partial charge on any atom is 0.416 e. The first-order valence-corrected chi connectivity index (χ1v) is 12.2. The molecular weight excluding hydrogens is 495 g/mol. The Morgan fingerprint density at radius 2 is 1.76 bits per heavy atom. The van der Waals surface area contributed by atoms with Crippen LogP contribution in [-0.4, -0.2) is 30.5 Å². The van der Waals surface area contributed by atoms with Gasteiger partial charge in [0.1, 0.15) is 5.75 Å². The monoisotopic (exact) mass is 521 g/mol. The van der Waals surface area contributed by atoms with Gasteiger partial charge in [0.2, 0.25) is 5.91 Å². The number of ether oxygens (including phenoxy) is 1. The predicted molar refractivity (Wildman–Crippen MR) is 140 cm³/mol. The molecule has 1 N–H and O–H groups in total. The summed E-state index contributed by atoms with van der Waals surface area (Å²) in [6.45, 7) is 1.93. The van der Waals surface area contributed by atoms with Crippen molar-refractivity contribution in [1.29, 1.82) is 0 Å². The fourth-order valence-corrected chi connectivity index (χ4v) is 4.93. The predicted octanol–water partition coefficient (Wildman–Crippen LogP) is 6.78. The molecule has 38 heavy (non-hydrogen) atoms. The van der Waals surface area contributed by atoms with Gasteiger partial charge in [-0.15, -0.1) is 0 Å². The van der Waals surface area contributed by atoms with Gasteiger partial charge in [0.05, 0.1) is 30.1 Å². The van der Waals surface area contributed by atoms with Crippen molar-refractivity contribution < 1.29 is 27.5 Å². The van der Waals surface area contributed by atoms with E-state index < -0.39 is 11.7 Å². The van der Waals surface area contributed by atoms with Gasteiger partial charge in [0.15, 0.2) is 0 Å². The molecule has 3 aromatic carbocycles. The van der Waals surface area contributed by atoms with E-state index in [0.29, 0.717) is 35.5 Å². The molecule has 0 aromatic heterocycles. The molecule has 5 rings (SSSR count). The lowest BCUT2D eigenvalue weighted by Gasteiger charge is -2.39. The van der Waals surface area contributed by atoms with Crippen molar-refractivity contribution in [1.82, 2.24) is 4.90 Å². The minimum Gasteiger partial charge on any atom is -0.493 e. The summed E-state index contributed by atoms with van der Waals surface area (Å²) in [6, 6.07) is 18.1. The van der Waals surface area contributed by atoms with Crippen LogP contribution in [0.2, 0.25) is 0 Å². The third-order valence-corrected chi connectivity index (χ3v) is 6.65. The van der Waals surface area contributed by atoms with E-state index in [2.05, 4.69) is 5.32 Å². The molecule has 0 unspecified atom stereocenters. The molecule has 9 heteroatoms. The van der Waals surface area contributed by atoms with Crippen molar-refractivity contribution in [2.75, 3.05) is 23.9 Å². The SMILES string of the molecule is CC(=O)Nc1ccc2c(c1)N(C)C(=O)N(Cc1ccccc1)/C2=C1\CCCOc2cc(C(F)(F)F)ccc21. The van der Waals surface area contributed by atoms with Crippen LogP contribution in [0.4, 0.5) is 29.3 Å². The number of benzene rings is 3. The van der Waals surface area contributed by atoms with Crippen LogP contribution < -0.4 is 15.0 Å². The summed E-state index contributed by atoms with van der Waals surface area (Å²) >= 11 is 0. The first kappa shape index (κ1) is 25.4. The zero-order valence-corrected chi connectivity index (χ0v) is 20.9. The summed E-state index contributed by atoms with van der Waals surface area (Å²) in [5.74, 6) is -0.100. The van der Waals surface area contributed by atoms with E-state index in [1.807, 2.05) is 36.4 Å². The average Bonchev–Trinajstić information content (AvgIpc) is 3.09. The van der Waals surface area contributed by atoms with Crippen LogP contribution in [0, 0.1) is 0 Å². The Balaban J connectivity index is 1.75. The van der Waals surface area contributed by atoms with Crippen LogP contribution in [0.3, 0.4) is 0 Å². The number of carbonyl (C=O) groups is 2. The molecule has 0 fully saturated rings. The second-order valence-electron chi connectivity index (χ2n) is 9.31. The van der Waals surface area contributed by atoms with Crippen LogP contribution in [0.5, 0.6) is 5.75 Å². The molecule has 3 amide bonds. The Hall–Kier alpha value is -4.27. The second-order valence-corrected chi connectivity index (χ2v) is 9.31. The molecule has 2 aliphatic rings. The third kappa shape index (κ3) is 4.83. The molecule has 0 atom stereocenters. The fourth-order valence-electron chi connectivity index (χ4n) is 4.93. The van der Waals surface area contributed by atoms with E-state index in [-0.39, 0.29) is 30.8 Å². The molecular formula is C29H26F3N3O3. The second kappa shape index (κ2) is 9.89. The van der Waals surface area contributed by atoms with Crippen molar-refractivity contribution in [3.63, 3.8) is 0 Å². The molecule has 196 valence electrons. The zero-order valence-electron chi connectivity index (χ0n) is 20.9. The number of allylic oxidation sites excluding steroid dienone is 1. The van der Waals surface area contributed by atoms with Crippen molar-refractivity contribution in [2.24, 2.45) is 0 Å². The van der Waals surface area contributed by atoms with Crippen molar-refractivity contribution in [3.8, 4) is 5.75 Å². The van der Waals surface area contributed by atoms with E-state index in [1.165, 1.54) is 17.9 Å². The summed E-state index contributed by atoms with van der Waals surface area (Å²) in [4.78, 5) is 28.7. The molecule has 0 radical (unpaired) electrons. The smallest absolute Gasteiger partial charge is 0.416 e. The van der Waals surface area contributed by atoms with Gasteiger partial charge in [0, 0.05) is 30.8 Å². The summed E-state index contributed by atoms with van der Waals surface area (Å²) in [6.07, 6.45) is -3.44. The largest absolute Gasteiger partial charge is 0.493 e. The van der Waals surface area contributed by atoms with Gasteiger partial charge in [-0.2, -0.15) is 13.2 Å². The van der Waals surface area contributed by atoms with Crippen LogP contribution >= 0.6 is 0 Å². The minimum absolute atomic E-state index is 0.141. The number of anilines is 2. The minimum atomic E-state index is -4.51. The molecule has 0 spiro atoms. The lowest BCUT2D eigenvalue weighted by Crippen LogP contribution is -2.44. The van der Waals surface area contributed by atoms with Gasteiger partial charge in [-0.05, 0) is 54.3 Å². The van der Waals surface area contributed by atoms with E-state index in [4.69, 9.17) is 4.74 Å². The molecule has 2 heterocycles. The summed E-state index contributed by atoms with van der Waals surface area (Å²) in [5, 5.41) is 2.75. The highest BCUT2D eigenvalue weighted by Crippen LogP contribution is 2.46. The lowest BCUT2D eigenvalue weighted by molar-refractivity contribution is -0.137. The first-order chi connectivity index (χ1) is 18.1. The van der Waals surface area contributed by atoms with E-state index >= 15 is 0 Å². The Kier molecular flexibility index (Phi) is 6.60. The fraction of sp³-hybridized carbons (Fsp3) is 0.241. The summed E-state index contributed by atoms with van der Waals surface area (Å²) in [7, 11) is 1.66. The Morgan fingerprint density at radius 3 is 2.47 bits per heavy atom. The highest BCUT2D eigenvalue weighted by Gasteiger charge is 2.37. The quantitative estimate of drug-likeness (QED) is 0.414. The number of hydrogen-bond donors (Lipinski definition) is 1. The van der Waals surface area contributed by atoms with E-state index in [1.54, 1.807) is 24.1 Å². The molecule has 6 nitrogen and oxygen atoms in total. The van der Waals surface area contributed by atoms with Gasteiger partial charge in [-0.3, -0.25) is 14.6 Å². The van der Waals surface area contributed by atoms with Gasteiger partial charge >= 0.3 is 12.2 Å². The van der Waals surface area contributed by atoms with Crippen molar-refractivity contribution in [2.45, 2.75) is 32.5 Å². The van der Waals surface area contributed by atoms with Crippen LogP contribution in [-0.2, 0) is 17.5 Å². The first-order valence-electron chi connectivity index (χ1n) is 12.2. The summed E-state index contributed by atoms with van der Waals surface area (Å²) in [5.41, 5.74) is 3.86. The highest BCUT2D eigenvalue weighted by atomic mass is 19.4. The number of hydrogen-bond acceptors (Lipinski definition) is 3. The van der Waals surface area contributed by atoms with Gasteiger partial charge in [0.25, 0.3) is 0 Å². The number of halogens is 3. The molecule has 0 saturated carbocycles. The topological polar surface area (TPSA) is 61.9 Å². The standard InChI is InChI=1S/C29H26F3N3O3/c1-18(36)33-21-11-13-24-25(16-21)34(2)28(37)35(17-19-7-4-3-5-8-19)27(24)23-9-6-14-38-26-15-20(29(30,31)32)10-12-22(23)26/h3-5,7-8,10-13,15-16H,6,9,14,17H2,1-2H3,(H,33,36)/b27-23+. The van der Waals surface area contributed by atoms with Gasteiger partial charge in [-0.25, -0.2) is 4.79 Å². The van der Waals surface area contributed by atoms with E-state index in [9.17, 15) is 22.8 Å². The molecule has 0 bridgehead atoms.